The quantitative estimate of drug-likeness (QED) is 0.854. The summed E-state index contributed by atoms with van der Waals surface area (Å²) >= 11 is 7.14. The number of fused-ring (bicyclic) bond motifs is 1. The van der Waals surface area contributed by atoms with E-state index in [1.807, 2.05) is 0 Å². The van der Waals surface area contributed by atoms with E-state index in [1.165, 1.54) is 28.4 Å². The van der Waals surface area contributed by atoms with Gasteiger partial charge in [0.05, 0.1) is 10.7 Å². The summed E-state index contributed by atoms with van der Waals surface area (Å²) < 4.78 is 1.36. The molecule has 0 saturated carbocycles. The highest BCUT2D eigenvalue weighted by atomic mass is 35.5. The highest BCUT2D eigenvalue weighted by molar-refractivity contribution is 7.98. The van der Waals surface area contributed by atoms with Gasteiger partial charge in [-0.2, -0.15) is 11.8 Å². The second-order valence-corrected chi connectivity index (χ2v) is 5.59. The van der Waals surface area contributed by atoms with Gasteiger partial charge in [-0.25, -0.2) is 4.98 Å². The Labute approximate surface area is 123 Å². The van der Waals surface area contributed by atoms with Gasteiger partial charge in [-0.1, -0.05) is 11.6 Å². The second kappa shape index (κ2) is 6.25. The molecule has 0 aliphatic rings. The highest BCUT2D eigenvalue weighted by Crippen LogP contribution is 2.12. The minimum absolute atomic E-state index is 0.226. The number of aromatic nitrogens is 2. The van der Waals surface area contributed by atoms with Crippen LogP contribution in [0.1, 0.15) is 5.69 Å². The van der Waals surface area contributed by atoms with Crippen molar-refractivity contribution in [3.63, 3.8) is 0 Å². The van der Waals surface area contributed by atoms with Crippen LogP contribution in [0.5, 0.6) is 0 Å². The van der Waals surface area contributed by atoms with Gasteiger partial charge in [0.15, 0.2) is 0 Å². The number of aliphatic carboxylic acids is 1. The van der Waals surface area contributed by atoms with Crippen LogP contribution in [0, 0.1) is 0 Å². The number of halogens is 1. The van der Waals surface area contributed by atoms with Crippen LogP contribution >= 0.6 is 23.4 Å². The van der Waals surface area contributed by atoms with Crippen molar-refractivity contribution in [3.8, 4) is 0 Å². The topological polar surface area (TPSA) is 97.7 Å². The molecule has 2 aromatic heterocycles. The lowest BCUT2D eigenvalue weighted by molar-refractivity contribution is -0.137. The Hall–Kier alpha value is -1.57. The normalized spacial score (nSPS) is 12.5. The maximum Gasteiger partial charge on any atom is 0.321 e. The first-order valence-corrected chi connectivity index (χ1v) is 7.24. The van der Waals surface area contributed by atoms with E-state index in [0.29, 0.717) is 22.1 Å². The summed E-state index contributed by atoms with van der Waals surface area (Å²) in [4.78, 5) is 26.8. The zero-order valence-corrected chi connectivity index (χ0v) is 11.9. The zero-order valence-electron chi connectivity index (χ0n) is 10.3. The van der Waals surface area contributed by atoms with Crippen molar-refractivity contribution < 1.29 is 9.90 Å². The van der Waals surface area contributed by atoms with E-state index in [0.717, 1.165) is 0 Å². The van der Waals surface area contributed by atoms with E-state index < -0.39 is 12.0 Å². The number of hydrogen-bond acceptors (Lipinski definition) is 5. The number of nitrogens with zero attached hydrogens (tertiary/aromatic N) is 2. The van der Waals surface area contributed by atoms with E-state index >= 15 is 0 Å². The molecule has 0 bridgehead atoms. The van der Waals surface area contributed by atoms with Gasteiger partial charge < -0.3 is 10.8 Å². The van der Waals surface area contributed by atoms with Crippen molar-refractivity contribution in [2.24, 2.45) is 5.73 Å². The Kier molecular flexibility index (Phi) is 4.64. The smallest absolute Gasteiger partial charge is 0.321 e. The molecule has 0 aliphatic heterocycles. The minimum atomic E-state index is -1.04. The number of carbonyl (C=O) groups is 1. The van der Waals surface area contributed by atoms with Crippen LogP contribution in [0.2, 0.25) is 5.02 Å². The molecular formula is C12H12ClN3O3S. The van der Waals surface area contributed by atoms with Gasteiger partial charge in [0, 0.05) is 23.8 Å². The monoisotopic (exact) mass is 313 g/mol. The lowest BCUT2D eigenvalue weighted by Gasteiger charge is -2.06. The van der Waals surface area contributed by atoms with Gasteiger partial charge in [0.2, 0.25) is 0 Å². The van der Waals surface area contributed by atoms with Crippen LogP contribution in [0.25, 0.3) is 5.65 Å². The molecule has 0 aliphatic carbocycles. The molecule has 3 N–H and O–H groups in total. The van der Waals surface area contributed by atoms with Crippen LogP contribution in [-0.4, -0.2) is 32.3 Å². The van der Waals surface area contributed by atoms with Crippen molar-refractivity contribution in [2.75, 3.05) is 5.75 Å². The Morgan fingerprint density at radius 2 is 2.30 bits per heavy atom. The molecule has 0 saturated heterocycles. The largest absolute Gasteiger partial charge is 0.480 e. The van der Waals surface area contributed by atoms with Crippen molar-refractivity contribution >= 4 is 35.0 Å². The molecule has 0 aromatic carbocycles. The second-order valence-electron chi connectivity index (χ2n) is 4.12. The lowest BCUT2D eigenvalue weighted by Crippen LogP contribution is -2.32. The fourth-order valence-electron chi connectivity index (χ4n) is 1.56. The average Bonchev–Trinajstić information content (AvgIpc) is 2.39. The number of thioether (sulfide) groups is 1. The van der Waals surface area contributed by atoms with Crippen LogP contribution in [0.4, 0.5) is 0 Å². The summed E-state index contributed by atoms with van der Waals surface area (Å²) in [5.74, 6) is -0.356. The molecule has 106 valence electrons. The van der Waals surface area contributed by atoms with Gasteiger partial charge in [-0.3, -0.25) is 14.0 Å². The molecule has 20 heavy (non-hydrogen) atoms. The van der Waals surface area contributed by atoms with Gasteiger partial charge in [-0.05, 0) is 12.1 Å². The first-order chi connectivity index (χ1) is 9.47. The van der Waals surface area contributed by atoms with E-state index in [2.05, 4.69) is 4.98 Å². The number of rotatable bonds is 5. The highest BCUT2D eigenvalue weighted by Gasteiger charge is 2.11. The molecule has 1 atom stereocenters. The van der Waals surface area contributed by atoms with Crippen molar-refractivity contribution in [1.29, 1.82) is 0 Å². The fraction of sp³-hybridized carbons (Fsp3) is 0.250. The van der Waals surface area contributed by atoms with Gasteiger partial charge in [0.25, 0.3) is 5.56 Å². The lowest BCUT2D eigenvalue weighted by atomic mass is 10.4. The third-order valence-corrected chi connectivity index (χ3v) is 3.86. The minimum Gasteiger partial charge on any atom is -0.480 e. The summed E-state index contributed by atoms with van der Waals surface area (Å²) in [5.41, 5.74) is 6.25. The van der Waals surface area contributed by atoms with Crippen molar-refractivity contribution in [2.45, 2.75) is 11.8 Å². The molecule has 6 nitrogen and oxygen atoms in total. The van der Waals surface area contributed by atoms with Gasteiger partial charge in [0.1, 0.15) is 11.7 Å². The van der Waals surface area contributed by atoms with E-state index in [9.17, 15) is 9.59 Å². The maximum absolute atomic E-state index is 11.9. The van der Waals surface area contributed by atoms with Crippen molar-refractivity contribution in [3.05, 3.63) is 45.5 Å². The summed E-state index contributed by atoms with van der Waals surface area (Å²) in [5, 5.41) is 9.13. The SMILES string of the molecule is NC(CSCc1cc(=O)n2cc(Cl)ccc2n1)C(=O)O. The molecule has 2 heterocycles. The Balaban J connectivity index is 2.14. The molecule has 8 heteroatoms. The molecule has 0 spiro atoms. The number of pyridine rings is 1. The van der Waals surface area contributed by atoms with Gasteiger partial charge in [-0.15, -0.1) is 0 Å². The third kappa shape index (κ3) is 3.50. The first kappa shape index (κ1) is 14.8. The fourth-order valence-corrected chi connectivity index (χ4v) is 2.59. The Morgan fingerprint density at radius 1 is 1.55 bits per heavy atom. The predicted octanol–water partition coefficient (Wildman–Crippen LogP) is 0.993. The van der Waals surface area contributed by atoms with Crippen LogP contribution in [0.3, 0.4) is 0 Å². The maximum atomic E-state index is 11.9. The average molecular weight is 314 g/mol. The Morgan fingerprint density at radius 3 is 3.00 bits per heavy atom. The summed E-state index contributed by atoms with van der Waals surface area (Å²) in [6, 6.07) is 3.80. The predicted molar refractivity (Wildman–Crippen MR) is 78.2 cm³/mol. The molecule has 2 aromatic rings. The number of carboxylic acids is 1. The van der Waals surface area contributed by atoms with E-state index in [-0.39, 0.29) is 11.3 Å². The Bertz CT molecular complexity index is 704. The first-order valence-electron chi connectivity index (χ1n) is 5.71. The zero-order chi connectivity index (χ0) is 14.7. The summed E-state index contributed by atoms with van der Waals surface area (Å²) in [6.07, 6.45) is 1.50. The number of nitrogens with two attached hydrogens (primary N) is 1. The van der Waals surface area contributed by atoms with Gasteiger partial charge >= 0.3 is 5.97 Å². The van der Waals surface area contributed by atoms with E-state index in [1.54, 1.807) is 12.1 Å². The molecular weight excluding hydrogens is 302 g/mol. The molecule has 0 fully saturated rings. The molecule has 2 rings (SSSR count). The molecule has 0 amide bonds. The van der Waals surface area contributed by atoms with Crippen LogP contribution in [0.15, 0.2) is 29.2 Å². The third-order valence-electron chi connectivity index (χ3n) is 2.54. The summed E-state index contributed by atoms with van der Waals surface area (Å²) in [7, 11) is 0. The molecule has 0 radical (unpaired) electrons. The van der Waals surface area contributed by atoms with E-state index in [4.69, 9.17) is 22.4 Å². The van der Waals surface area contributed by atoms with Crippen LogP contribution in [-0.2, 0) is 10.5 Å². The number of hydrogen-bond donors (Lipinski definition) is 2. The van der Waals surface area contributed by atoms with Crippen molar-refractivity contribution in [1.82, 2.24) is 9.38 Å². The summed E-state index contributed by atoms with van der Waals surface area (Å²) in [6.45, 7) is 0. The number of carboxylic acid groups (broad SMARTS) is 1. The molecule has 1 unspecified atom stereocenters. The standard InChI is InChI=1S/C12H12ClN3O3S/c13-7-1-2-10-15-8(3-11(17)16(10)4-7)5-20-6-9(14)12(18)19/h1-4,9H,5-6,14H2,(H,18,19). The van der Waals surface area contributed by atoms with Crippen LogP contribution < -0.4 is 11.3 Å².